The molecule has 0 saturated heterocycles. The number of pyridine rings is 1. The molecule has 1 saturated carbocycles. The average molecular weight is 220 g/mol. The van der Waals surface area contributed by atoms with Crippen LogP contribution in [0.1, 0.15) is 37.8 Å². The van der Waals surface area contributed by atoms with Crippen LogP contribution in [-0.2, 0) is 6.54 Å². The Bertz CT molecular complexity index is 304. The number of hydrogen-bond donors (Lipinski definition) is 1. The molecule has 0 aromatic carbocycles. The van der Waals surface area contributed by atoms with Crippen LogP contribution < -0.4 is 10.1 Å². The number of hydrogen-bond acceptors (Lipinski definition) is 3. The Kier molecular flexibility index (Phi) is 4.17. The first-order valence-corrected chi connectivity index (χ1v) is 6.14. The average Bonchev–Trinajstić information content (AvgIpc) is 2.33. The van der Waals surface area contributed by atoms with Crippen molar-refractivity contribution in [2.45, 2.75) is 44.8 Å². The van der Waals surface area contributed by atoms with Crippen molar-refractivity contribution < 1.29 is 4.74 Å². The van der Waals surface area contributed by atoms with Crippen LogP contribution in [0, 0.1) is 0 Å². The molecule has 0 radical (unpaired) electrons. The second kappa shape index (κ2) is 5.85. The van der Waals surface area contributed by atoms with Crippen LogP contribution in [-0.4, -0.2) is 18.1 Å². The van der Waals surface area contributed by atoms with Crippen LogP contribution in [0.25, 0.3) is 0 Å². The molecule has 1 heterocycles. The van der Waals surface area contributed by atoms with Gasteiger partial charge in [0.05, 0.1) is 18.0 Å². The molecule has 0 atom stereocenters. The molecule has 3 nitrogen and oxygen atoms in total. The number of aromatic nitrogens is 1. The third-order valence-electron chi connectivity index (χ3n) is 3.01. The molecular weight excluding hydrogens is 200 g/mol. The summed E-state index contributed by atoms with van der Waals surface area (Å²) in [6.07, 6.45) is 8.59. The molecule has 88 valence electrons. The molecule has 1 N–H and O–H groups in total. The van der Waals surface area contributed by atoms with Crippen LogP contribution in [0.2, 0.25) is 0 Å². The standard InChI is InChI=1S/C13H20N2O/c1-14-9-11-7-8-13(10-15-11)16-12-5-3-2-4-6-12/h7-8,10,12,14H,2-6,9H2,1H3. The predicted molar refractivity (Wildman–Crippen MR) is 64.5 cm³/mol. The molecular formula is C13H20N2O. The van der Waals surface area contributed by atoms with Gasteiger partial charge in [0.1, 0.15) is 5.75 Å². The second-order valence-electron chi connectivity index (χ2n) is 4.39. The van der Waals surface area contributed by atoms with Gasteiger partial charge in [0.25, 0.3) is 0 Å². The lowest BCUT2D eigenvalue weighted by Gasteiger charge is -2.22. The number of rotatable bonds is 4. The van der Waals surface area contributed by atoms with E-state index in [2.05, 4.69) is 10.3 Å². The Morgan fingerprint density at radius 3 is 2.75 bits per heavy atom. The lowest BCUT2D eigenvalue weighted by Crippen LogP contribution is -2.19. The van der Waals surface area contributed by atoms with E-state index in [0.29, 0.717) is 6.10 Å². The predicted octanol–water partition coefficient (Wildman–Crippen LogP) is 2.51. The summed E-state index contributed by atoms with van der Waals surface area (Å²) in [6, 6.07) is 4.04. The van der Waals surface area contributed by atoms with E-state index in [1.807, 2.05) is 25.4 Å². The van der Waals surface area contributed by atoms with E-state index >= 15 is 0 Å². The Balaban J connectivity index is 1.88. The maximum absolute atomic E-state index is 5.91. The minimum atomic E-state index is 0.408. The van der Waals surface area contributed by atoms with Gasteiger partial charge in [-0.2, -0.15) is 0 Å². The molecule has 1 fully saturated rings. The second-order valence-corrected chi connectivity index (χ2v) is 4.39. The smallest absolute Gasteiger partial charge is 0.138 e. The van der Waals surface area contributed by atoms with Gasteiger partial charge in [-0.25, -0.2) is 0 Å². The van der Waals surface area contributed by atoms with Gasteiger partial charge < -0.3 is 10.1 Å². The molecule has 16 heavy (non-hydrogen) atoms. The number of nitrogens with one attached hydrogen (secondary N) is 1. The first-order valence-electron chi connectivity index (χ1n) is 6.14. The number of ether oxygens (including phenoxy) is 1. The van der Waals surface area contributed by atoms with E-state index in [1.54, 1.807) is 0 Å². The maximum atomic E-state index is 5.91. The molecule has 1 aliphatic carbocycles. The fourth-order valence-electron chi connectivity index (χ4n) is 2.14. The van der Waals surface area contributed by atoms with E-state index in [1.165, 1.54) is 32.1 Å². The highest BCUT2D eigenvalue weighted by molar-refractivity contribution is 5.20. The van der Waals surface area contributed by atoms with Gasteiger partial charge in [-0.15, -0.1) is 0 Å². The normalized spacial score (nSPS) is 17.3. The fraction of sp³-hybridized carbons (Fsp3) is 0.615. The molecule has 1 aromatic rings. The van der Waals surface area contributed by atoms with E-state index < -0.39 is 0 Å². The monoisotopic (exact) mass is 220 g/mol. The Morgan fingerprint density at radius 1 is 1.31 bits per heavy atom. The minimum absolute atomic E-state index is 0.408. The topological polar surface area (TPSA) is 34.1 Å². The first kappa shape index (κ1) is 11.4. The van der Waals surface area contributed by atoms with Crippen molar-refractivity contribution >= 4 is 0 Å². The van der Waals surface area contributed by atoms with E-state index in [9.17, 15) is 0 Å². The summed E-state index contributed by atoms with van der Waals surface area (Å²) >= 11 is 0. The van der Waals surface area contributed by atoms with Crippen molar-refractivity contribution in [1.29, 1.82) is 0 Å². The van der Waals surface area contributed by atoms with Crippen molar-refractivity contribution in [3.8, 4) is 5.75 Å². The molecule has 1 aliphatic rings. The summed E-state index contributed by atoms with van der Waals surface area (Å²) in [7, 11) is 1.92. The van der Waals surface area contributed by atoms with Crippen LogP contribution in [0.3, 0.4) is 0 Å². The summed E-state index contributed by atoms with van der Waals surface area (Å²) in [5, 5.41) is 3.08. The van der Waals surface area contributed by atoms with Crippen molar-refractivity contribution in [3.63, 3.8) is 0 Å². The highest BCUT2D eigenvalue weighted by Crippen LogP contribution is 2.22. The summed E-state index contributed by atoms with van der Waals surface area (Å²) < 4.78 is 5.91. The fourth-order valence-corrected chi connectivity index (χ4v) is 2.14. The lowest BCUT2D eigenvalue weighted by molar-refractivity contribution is 0.154. The zero-order valence-corrected chi connectivity index (χ0v) is 9.91. The van der Waals surface area contributed by atoms with Crippen LogP contribution in [0.15, 0.2) is 18.3 Å². The van der Waals surface area contributed by atoms with Crippen molar-refractivity contribution in [2.75, 3.05) is 7.05 Å². The van der Waals surface area contributed by atoms with Crippen molar-refractivity contribution in [3.05, 3.63) is 24.0 Å². The molecule has 0 spiro atoms. The molecule has 0 bridgehead atoms. The SMILES string of the molecule is CNCc1ccc(OC2CCCCC2)cn1. The van der Waals surface area contributed by atoms with Crippen LogP contribution in [0.5, 0.6) is 5.75 Å². The minimum Gasteiger partial charge on any atom is -0.489 e. The molecule has 0 aliphatic heterocycles. The molecule has 3 heteroatoms. The van der Waals surface area contributed by atoms with Gasteiger partial charge in [0.15, 0.2) is 0 Å². The van der Waals surface area contributed by atoms with E-state index in [-0.39, 0.29) is 0 Å². The Hall–Kier alpha value is -1.09. The van der Waals surface area contributed by atoms with Gasteiger partial charge >= 0.3 is 0 Å². The quantitative estimate of drug-likeness (QED) is 0.846. The van der Waals surface area contributed by atoms with Crippen LogP contribution in [0.4, 0.5) is 0 Å². The summed E-state index contributed by atoms with van der Waals surface area (Å²) in [4.78, 5) is 4.35. The Labute approximate surface area is 97.2 Å². The van der Waals surface area contributed by atoms with E-state index in [0.717, 1.165) is 18.0 Å². The molecule has 2 rings (SSSR count). The number of nitrogens with zero attached hydrogens (tertiary/aromatic N) is 1. The third kappa shape index (κ3) is 3.20. The molecule has 0 unspecified atom stereocenters. The summed E-state index contributed by atoms with van der Waals surface area (Å²) in [6.45, 7) is 0.809. The van der Waals surface area contributed by atoms with Crippen molar-refractivity contribution in [2.24, 2.45) is 0 Å². The molecule has 1 aromatic heterocycles. The maximum Gasteiger partial charge on any atom is 0.138 e. The summed E-state index contributed by atoms with van der Waals surface area (Å²) in [5.41, 5.74) is 1.05. The van der Waals surface area contributed by atoms with Gasteiger partial charge in [-0.1, -0.05) is 6.42 Å². The first-order chi connectivity index (χ1) is 7.88. The van der Waals surface area contributed by atoms with E-state index in [4.69, 9.17) is 4.74 Å². The third-order valence-corrected chi connectivity index (χ3v) is 3.01. The summed E-state index contributed by atoms with van der Waals surface area (Å²) in [5.74, 6) is 0.909. The highest BCUT2D eigenvalue weighted by atomic mass is 16.5. The highest BCUT2D eigenvalue weighted by Gasteiger charge is 2.14. The zero-order chi connectivity index (χ0) is 11.2. The van der Waals surface area contributed by atoms with Crippen molar-refractivity contribution in [1.82, 2.24) is 10.3 Å². The van der Waals surface area contributed by atoms with Crippen LogP contribution >= 0.6 is 0 Å². The van der Waals surface area contributed by atoms with Gasteiger partial charge in [0.2, 0.25) is 0 Å². The Morgan fingerprint density at radius 2 is 2.12 bits per heavy atom. The molecule has 0 amide bonds. The zero-order valence-electron chi connectivity index (χ0n) is 9.91. The van der Waals surface area contributed by atoms with Gasteiger partial charge in [-0.3, -0.25) is 4.98 Å². The van der Waals surface area contributed by atoms with Gasteiger partial charge in [0, 0.05) is 6.54 Å². The van der Waals surface area contributed by atoms with Gasteiger partial charge in [-0.05, 0) is 44.9 Å². The largest absolute Gasteiger partial charge is 0.489 e. The lowest BCUT2D eigenvalue weighted by atomic mass is 9.98.